The molecule has 2 heterocycles. The molecule has 0 aliphatic carbocycles. The number of ether oxygens (including phenoxy) is 3. The number of amides is 1. The van der Waals surface area contributed by atoms with Gasteiger partial charge in [-0.15, -0.1) is 24.0 Å². The van der Waals surface area contributed by atoms with Crippen LogP contribution < -0.4 is 24.8 Å². The minimum absolute atomic E-state index is 0. The van der Waals surface area contributed by atoms with Gasteiger partial charge in [0.1, 0.15) is 12.4 Å². The lowest BCUT2D eigenvalue weighted by molar-refractivity contribution is -0.121. The molecule has 1 saturated heterocycles. The predicted molar refractivity (Wildman–Crippen MR) is 118 cm³/mol. The largest absolute Gasteiger partial charge is 0.492 e. The summed E-state index contributed by atoms with van der Waals surface area (Å²) in [5.74, 6) is 3.68. The molecule has 2 aliphatic rings. The quantitative estimate of drug-likeness (QED) is 0.266. The van der Waals surface area contributed by atoms with Crippen LogP contribution in [-0.2, 0) is 4.79 Å². The topological polar surface area (TPSA) is 84.4 Å². The molecule has 9 heteroatoms. The molecule has 1 amide bonds. The molecule has 0 bridgehead atoms. The SMILES string of the molecule is CN=C(NCCOc1ccc2c(c1)OCO2)N1CCC(CC(=O)NC)CC1.I. The van der Waals surface area contributed by atoms with Crippen LogP contribution in [0.2, 0.25) is 0 Å². The highest BCUT2D eigenvalue weighted by Gasteiger charge is 2.23. The van der Waals surface area contributed by atoms with Crippen molar-refractivity contribution in [3.05, 3.63) is 18.2 Å². The number of likely N-dealkylation sites (tertiary alicyclic amines) is 1. The number of carbonyl (C=O) groups excluding carboxylic acids is 1. The van der Waals surface area contributed by atoms with E-state index in [-0.39, 0.29) is 36.7 Å². The Morgan fingerprint density at radius 2 is 2.04 bits per heavy atom. The Balaban J connectivity index is 0.00000280. The number of rotatable bonds is 6. The molecule has 1 aromatic rings. The molecular weight excluding hydrogens is 475 g/mol. The van der Waals surface area contributed by atoms with Gasteiger partial charge in [-0.2, -0.15) is 0 Å². The van der Waals surface area contributed by atoms with Crippen LogP contribution in [0.5, 0.6) is 17.2 Å². The van der Waals surface area contributed by atoms with E-state index >= 15 is 0 Å². The maximum absolute atomic E-state index is 11.5. The van der Waals surface area contributed by atoms with Crippen molar-refractivity contribution in [3.8, 4) is 17.2 Å². The summed E-state index contributed by atoms with van der Waals surface area (Å²) >= 11 is 0. The number of guanidine groups is 1. The highest BCUT2D eigenvalue weighted by Crippen LogP contribution is 2.34. The first-order valence-corrected chi connectivity index (χ1v) is 9.38. The van der Waals surface area contributed by atoms with Crippen molar-refractivity contribution < 1.29 is 19.0 Å². The monoisotopic (exact) mass is 504 g/mol. The number of benzene rings is 1. The molecule has 1 aromatic carbocycles. The molecule has 2 aliphatic heterocycles. The van der Waals surface area contributed by atoms with Crippen LogP contribution in [0.25, 0.3) is 0 Å². The van der Waals surface area contributed by atoms with Crippen LogP contribution in [0.3, 0.4) is 0 Å². The highest BCUT2D eigenvalue weighted by molar-refractivity contribution is 14.0. The van der Waals surface area contributed by atoms with Crippen molar-refractivity contribution in [2.75, 3.05) is 47.1 Å². The first kappa shape index (κ1) is 22.4. The minimum atomic E-state index is 0. The van der Waals surface area contributed by atoms with Gasteiger partial charge in [-0.05, 0) is 30.9 Å². The van der Waals surface area contributed by atoms with E-state index in [0.717, 1.165) is 49.1 Å². The average molecular weight is 504 g/mol. The van der Waals surface area contributed by atoms with Crippen molar-refractivity contribution in [1.82, 2.24) is 15.5 Å². The van der Waals surface area contributed by atoms with Crippen molar-refractivity contribution >= 4 is 35.8 Å². The van der Waals surface area contributed by atoms with Crippen LogP contribution in [0.15, 0.2) is 23.2 Å². The molecule has 28 heavy (non-hydrogen) atoms. The lowest BCUT2D eigenvalue weighted by Crippen LogP contribution is -2.46. The summed E-state index contributed by atoms with van der Waals surface area (Å²) in [4.78, 5) is 18.1. The molecule has 0 saturated carbocycles. The Morgan fingerprint density at radius 3 is 2.75 bits per heavy atom. The number of nitrogens with zero attached hydrogens (tertiary/aromatic N) is 2. The second kappa shape index (κ2) is 11.2. The van der Waals surface area contributed by atoms with E-state index in [1.807, 2.05) is 18.2 Å². The maximum Gasteiger partial charge on any atom is 0.231 e. The molecule has 2 N–H and O–H groups in total. The molecule has 0 radical (unpaired) electrons. The van der Waals surface area contributed by atoms with Gasteiger partial charge < -0.3 is 29.7 Å². The van der Waals surface area contributed by atoms with E-state index in [1.54, 1.807) is 14.1 Å². The van der Waals surface area contributed by atoms with Gasteiger partial charge in [0.25, 0.3) is 0 Å². The summed E-state index contributed by atoms with van der Waals surface area (Å²) in [5, 5.41) is 6.05. The van der Waals surface area contributed by atoms with Crippen LogP contribution in [0.4, 0.5) is 0 Å². The Bertz CT molecular complexity index is 678. The fourth-order valence-electron chi connectivity index (χ4n) is 3.34. The summed E-state index contributed by atoms with van der Waals surface area (Å²) in [6.07, 6.45) is 2.61. The fourth-order valence-corrected chi connectivity index (χ4v) is 3.34. The van der Waals surface area contributed by atoms with Crippen LogP contribution in [0, 0.1) is 5.92 Å². The third kappa shape index (κ3) is 6.05. The maximum atomic E-state index is 11.5. The number of carbonyl (C=O) groups is 1. The van der Waals surface area contributed by atoms with E-state index in [9.17, 15) is 4.79 Å². The Hall–Kier alpha value is -1.91. The van der Waals surface area contributed by atoms with E-state index in [4.69, 9.17) is 14.2 Å². The van der Waals surface area contributed by atoms with Crippen molar-refractivity contribution in [3.63, 3.8) is 0 Å². The van der Waals surface area contributed by atoms with Gasteiger partial charge in [-0.1, -0.05) is 0 Å². The second-order valence-electron chi connectivity index (χ2n) is 6.65. The summed E-state index contributed by atoms with van der Waals surface area (Å²) in [6, 6.07) is 5.57. The van der Waals surface area contributed by atoms with Crippen LogP contribution in [0.1, 0.15) is 19.3 Å². The second-order valence-corrected chi connectivity index (χ2v) is 6.65. The average Bonchev–Trinajstić information content (AvgIpc) is 3.16. The van der Waals surface area contributed by atoms with Crippen molar-refractivity contribution in [2.24, 2.45) is 10.9 Å². The number of halogens is 1. The third-order valence-corrected chi connectivity index (χ3v) is 4.88. The summed E-state index contributed by atoms with van der Waals surface area (Å²) in [5.41, 5.74) is 0. The molecule has 0 unspecified atom stereocenters. The lowest BCUT2D eigenvalue weighted by Gasteiger charge is -2.34. The van der Waals surface area contributed by atoms with Crippen LogP contribution in [-0.4, -0.2) is 63.9 Å². The van der Waals surface area contributed by atoms with E-state index in [0.29, 0.717) is 25.5 Å². The Morgan fingerprint density at radius 1 is 1.29 bits per heavy atom. The molecular formula is C19H29IN4O4. The van der Waals surface area contributed by atoms with E-state index in [2.05, 4.69) is 20.5 Å². The van der Waals surface area contributed by atoms with Gasteiger partial charge >= 0.3 is 0 Å². The zero-order chi connectivity index (χ0) is 19.1. The molecule has 0 aromatic heterocycles. The van der Waals surface area contributed by atoms with Gasteiger partial charge in [0.2, 0.25) is 12.7 Å². The number of nitrogens with one attached hydrogen (secondary N) is 2. The first-order chi connectivity index (χ1) is 13.2. The summed E-state index contributed by atoms with van der Waals surface area (Å²) in [7, 11) is 3.48. The van der Waals surface area contributed by atoms with Gasteiger partial charge in [-0.25, -0.2) is 0 Å². The zero-order valence-corrected chi connectivity index (χ0v) is 18.7. The molecule has 1 fully saturated rings. The van der Waals surface area contributed by atoms with Crippen molar-refractivity contribution in [2.45, 2.75) is 19.3 Å². The Labute approximate surface area is 183 Å². The standard InChI is InChI=1S/C19H28N4O4.HI/c1-20-18(24)11-14-5-8-23(9-6-14)19(21-2)22-7-10-25-15-3-4-16-17(12-15)27-13-26-16;/h3-4,12,14H,5-11,13H2,1-2H3,(H,20,24)(H,21,22);1H. The predicted octanol–water partition coefficient (Wildman–Crippen LogP) is 1.84. The molecule has 8 nitrogen and oxygen atoms in total. The van der Waals surface area contributed by atoms with E-state index < -0.39 is 0 Å². The lowest BCUT2D eigenvalue weighted by atomic mass is 9.93. The number of piperidine rings is 1. The van der Waals surface area contributed by atoms with Gasteiger partial charge in [0.15, 0.2) is 17.5 Å². The third-order valence-electron chi connectivity index (χ3n) is 4.88. The number of aliphatic imine (C=N–C) groups is 1. The van der Waals surface area contributed by atoms with Crippen molar-refractivity contribution in [1.29, 1.82) is 0 Å². The van der Waals surface area contributed by atoms with E-state index in [1.165, 1.54) is 0 Å². The highest BCUT2D eigenvalue weighted by atomic mass is 127. The summed E-state index contributed by atoms with van der Waals surface area (Å²) < 4.78 is 16.4. The smallest absolute Gasteiger partial charge is 0.231 e. The molecule has 0 spiro atoms. The molecule has 156 valence electrons. The zero-order valence-electron chi connectivity index (χ0n) is 16.4. The first-order valence-electron chi connectivity index (χ1n) is 9.38. The number of hydrogen-bond donors (Lipinski definition) is 2. The number of fused-ring (bicyclic) bond motifs is 1. The summed E-state index contributed by atoms with van der Waals surface area (Å²) in [6.45, 7) is 3.25. The minimum Gasteiger partial charge on any atom is -0.492 e. The molecule has 0 atom stereocenters. The van der Waals surface area contributed by atoms with Gasteiger partial charge in [0.05, 0.1) is 6.54 Å². The normalized spacial score (nSPS) is 16.4. The van der Waals surface area contributed by atoms with Crippen LogP contribution >= 0.6 is 24.0 Å². The Kier molecular flexibility index (Phi) is 8.94. The van der Waals surface area contributed by atoms with Gasteiger partial charge in [-0.3, -0.25) is 9.79 Å². The molecule has 3 rings (SSSR count). The van der Waals surface area contributed by atoms with Gasteiger partial charge in [0, 0.05) is 39.7 Å². The number of hydrogen-bond acceptors (Lipinski definition) is 5. The fraction of sp³-hybridized carbons (Fsp3) is 0.579.